The van der Waals surface area contributed by atoms with Crippen LogP contribution in [0.25, 0.3) is 165 Å². The van der Waals surface area contributed by atoms with Gasteiger partial charge in [0.15, 0.2) is 0 Å². The van der Waals surface area contributed by atoms with Gasteiger partial charge in [-0.15, -0.1) is 0 Å². The molecule has 0 saturated carbocycles. The molecule has 0 N–H and O–H groups in total. The first-order valence-electron chi connectivity index (χ1n) is 37.8. The largest absolute Gasteiger partial charge is 0.310 e. The van der Waals surface area contributed by atoms with Crippen molar-refractivity contribution in [2.75, 3.05) is 9.80 Å². The molecule has 4 nitrogen and oxygen atoms in total. The van der Waals surface area contributed by atoms with E-state index in [1.807, 2.05) is 0 Å². The van der Waals surface area contributed by atoms with Crippen molar-refractivity contribution in [2.24, 2.45) is 0 Å². The van der Waals surface area contributed by atoms with E-state index >= 15 is 0 Å². The third-order valence-electron chi connectivity index (χ3n) is 23.5. The zero-order valence-corrected chi connectivity index (χ0v) is 59.4. The summed E-state index contributed by atoms with van der Waals surface area (Å²) in [7, 11) is 0. The predicted octanol–water partition coefficient (Wildman–Crippen LogP) is 26.0. The highest BCUT2D eigenvalue weighted by Gasteiger charge is 2.46. The number of anilines is 6. The molecule has 23 rings (SSSR count). The van der Waals surface area contributed by atoms with Gasteiger partial charge in [0.05, 0.1) is 39.1 Å². The van der Waals surface area contributed by atoms with Crippen LogP contribution in [-0.2, 0) is 0 Å². The molecule has 0 unspecified atom stereocenters. The summed E-state index contributed by atoms with van der Waals surface area (Å²) < 4.78 is 5.14. The molecule has 21 aromatic rings. The lowest BCUT2D eigenvalue weighted by Crippen LogP contribution is -2.61. The van der Waals surface area contributed by atoms with Gasteiger partial charge in [0.25, 0.3) is 6.71 Å². The summed E-state index contributed by atoms with van der Waals surface area (Å²) in [6, 6.07) is 149. The van der Waals surface area contributed by atoms with Crippen LogP contribution >= 0.6 is 0 Å². The number of hydrogen-bond acceptors (Lipinski definition) is 2. The lowest BCUT2D eigenvalue weighted by molar-refractivity contribution is 1.15. The molecular formula is C104H65BN4. The van der Waals surface area contributed by atoms with E-state index in [2.05, 4.69) is 413 Å². The van der Waals surface area contributed by atoms with E-state index in [9.17, 15) is 0 Å². The SMILES string of the molecule is c1ccc(-c2cc(-c3ccccc3)c(N3c4cc(-c5ccccc5)ccc4B4c5ccc(-n6c7ccccc7c7ccccc76)cc5N(c5c(-c6ccccc6)cc(-c6ccccc6)cc5-c5ccccc5)c5cc(-n6c7ccc8cccc9c%10cccc%11ccc6c(c%11%10)c7c89)cc3c54)c(-c3ccccc3)c2)cc1. The van der Waals surface area contributed by atoms with Crippen molar-refractivity contribution >= 4 is 133 Å². The van der Waals surface area contributed by atoms with Crippen LogP contribution in [0.3, 0.4) is 0 Å². The fourth-order valence-corrected chi connectivity index (χ4v) is 18.9. The quantitative estimate of drug-likeness (QED) is 0.0729. The van der Waals surface area contributed by atoms with Gasteiger partial charge in [0.2, 0.25) is 0 Å². The average molecular weight is 1380 g/mol. The van der Waals surface area contributed by atoms with Crippen molar-refractivity contribution < 1.29 is 0 Å². The molecule has 2 aromatic heterocycles. The van der Waals surface area contributed by atoms with E-state index in [-0.39, 0.29) is 6.71 Å². The van der Waals surface area contributed by atoms with Gasteiger partial charge in [-0.05, 0) is 183 Å². The summed E-state index contributed by atoms with van der Waals surface area (Å²) >= 11 is 0. The van der Waals surface area contributed by atoms with Crippen molar-refractivity contribution in [2.45, 2.75) is 0 Å². The molecule has 0 bridgehead atoms. The van der Waals surface area contributed by atoms with Crippen molar-refractivity contribution in [3.63, 3.8) is 0 Å². The summed E-state index contributed by atoms with van der Waals surface area (Å²) in [6.45, 7) is -0.292. The van der Waals surface area contributed by atoms with Crippen LogP contribution in [0.5, 0.6) is 0 Å². The maximum absolute atomic E-state index is 2.73. The Bertz CT molecular complexity index is 6920. The summed E-state index contributed by atoms with van der Waals surface area (Å²) in [4.78, 5) is 5.45. The highest BCUT2D eigenvalue weighted by atomic mass is 15.2. The minimum absolute atomic E-state index is 0.292. The number of fused-ring (bicyclic) bond motifs is 8. The summed E-state index contributed by atoms with van der Waals surface area (Å²) in [5.41, 5.74) is 32.7. The van der Waals surface area contributed by atoms with Crippen LogP contribution in [0, 0.1) is 0 Å². The van der Waals surface area contributed by atoms with E-state index in [0.29, 0.717) is 0 Å². The molecular weight excluding hydrogens is 1320 g/mol. The third-order valence-corrected chi connectivity index (χ3v) is 23.5. The normalized spacial score (nSPS) is 12.5. The molecule has 0 saturated heterocycles. The first-order valence-corrected chi connectivity index (χ1v) is 37.8. The number of para-hydroxylation sites is 2. The van der Waals surface area contributed by atoms with E-state index in [1.165, 1.54) is 70.3 Å². The lowest BCUT2D eigenvalue weighted by Gasteiger charge is -2.46. The second-order valence-corrected chi connectivity index (χ2v) is 29.4. The molecule has 0 fully saturated rings. The molecule has 0 spiro atoms. The van der Waals surface area contributed by atoms with E-state index in [1.54, 1.807) is 0 Å². The van der Waals surface area contributed by atoms with Crippen LogP contribution < -0.4 is 26.2 Å². The molecule has 19 aromatic carbocycles. The van der Waals surface area contributed by atoms with Crippen LogP contribution in [0.15, 0.2) is 394 Å². The second-order valence-electron chi connectivity index (χ2n) is 29.4. The van der Waals surface area contributed by atoms with Crippen molar-refractivity contribution in [3.8, 4) is 89.3 Å². The Balaban J connectivity index is 0.937. The summed E-state index contributed by atoms with van der Waals surface area (Å²) in [6.07, 6.45) is 0. The Hall–Kier alpha value is -14.3. The maximum Gasteiger partial charge on any atom is 0.252 e. The fraction of sp³-hybridized carbons (Fsp3) is 0. The number of benzene rings is 19. The van der Waals surface area contributed by atoms with Gasteiger partial charge >= 0.3 is 0 Å². The molecule has 504 valence electrons. The van der Waals surface area contributed by atoms with Gasteiger partial charge in [0, 0.05) is 72.2 Å². The van der Waals surface area contributed by atoms with Crippen LogP contribution in [0.1, 0.15) is 0 Å². The smallest absolute Gasteiger partial charge is 0.252 e. The van der Waals surface area contributed by atoms with Gasteiger partial charge in [-0.1, -0.05) is 315 Å². The Morgan fingerprint density at radius 3 is 0.954 bits per heavy atom. The maximum atomic E-state index is 2.73. The third kappa shape index (κ3) is 9.27. The standard InChI is InChI=1S/C104H65BN4/c1-8-28-66(29-9-1)75-50-54-88-94(62-75)108(103-84(69-34-14-4-15-35-69)58-76(67-30-10-2-11-31-67)59-85(103)70-36-16-5-17-37-70)96-64-79(107-92-56-51-73-42-26-46-82-83-47-27-43-74-52-57-93(107)101(99(74)83)100(92)98(73)82)65-97-102(96)105(88)89-55-53-78(106-90-48-24-22-44-80(90)81-45-23-25-49-91(81)106)63-95(89)109(97)104-86(71-38-18-6-19-39-71)60-77(68-32-12-3-13-33-68)61-87(104)72-40-20-7-21-41-72/h1-65H. The molecule has 0 aliphatic carbocycles. The Kier molecular flexibility index (Phi) is 13.5. The number of rotatable bonds is 11. The minimum Gasteiger partial charge on any atom is -0.310 e. The van der Waals surface area contributed by atoms with Gasteiger partial charge in [-0.2, -0.15) is 0 Å². The Labute approximate surface area is 631 Å². The van der Waals surface area contributed by atoms with Gasteiger partial charge in [0.1, 0.15) is 0 Å². The summed E-state index contributed by atoms with van der Waals surface area (Å²) in [5, 5.41) is 12.6. The molecule has 109 heavy (non-hydrogen) atoms. The average Bonchev–Trinajstić information content (AvgIpc) is 1.49. The fourth-order valence-electron chi connectivity index (χ4n) is 18.9. The van der Waals surface area contributed by atoms with E-state index < -0.39 is 0 Å². The number of nitrogens with zero attached hydrogens (tertiary/aromatic N) is 4. The first kappa shape index (κ1) is 61.1. The van der Waals surface area contributed by atoms with Gasteiger partial charge in [-0.25, -0.2) is 0 Å². The van der Waals surface area contributed by atoms with E-state index in [0.717, 1.165) is 145 Å². The van der Waals surface area contributed by atoms with Gasteiger partial charge in [-0.3, -0.25) is 0 Å². The molecule has 5 heteroatoms. The topological polar surface area (TPSA) is 16.3 Å². The number of hydrogen-bond donors (Lipinski definition) is 0. The molecule has 2 aliphatic rings. The zero-order valence-electron chi connectivity index (χ0n) is 59.4. The highest BCUT2D eigenvalue weighted by molar-refractivity contribution is 7.00. The zero-order chi connectivity index (χ0) is 71.4. The van der Waals surface area contributed by atoms with Crippen LogP contribution in [0.2, 0.25) is 0 Å². The molecule has 0 radical (unpaired) electrons. The highest BCUT2D eigenvalue weighted by Crippen LogP contribution is 2.57. The summed E-state index contributed by atoms with van der Waals surface area (Å²) in [5.74, 6) is 0. The van der Waals surface area contributed by atoms with Crippen molar-refractivity contribution in [1.29, 1.82) is 0 Å². The van der Waals surface area contributed by atoms with Gasteiger partial charge < -0.3 is 18.9 Å². The monoisotopic (exact) mass is 1380 g/mol. The second kappa shape index (κ2) is 24.1. The van der Waals surface area contributed by atoms with Crippen molar-refractivity contribution in [1.82, 2.24) is 9.13 Å². The minimum atomic E-state index is -0.292. The Morgan fingerprint density at radius 2 is 0.532 bits per heavy atom. The Morgan fingerprint density at radius 1 is 0.193 bits per heavy atom. The van der Waals surface area contributed by atoms with Crippen LogP contribution in [-0.4, -0.2) is 15.8 Å². The first-order chi connectivity index (χ1) is 54.1. The molecule has 0 atom stereocenters. The molecule has 4 heterocycles. The molecule has 0 amide bonds. The van der Waals surface area contributed by atoms with Crippen LogP contribution in [0.4, 0.5) is 34.1 Å². The predicted molar refractivity (Wildman–Crippen MR) is 462 cm³/mol. The van der Waals surface area contributed by atoms with E-state index in [4.69, 9.17) is 0 Å². The molecule has 2 aliphatic heterocycles. The van der Waals surface area contributed by atoms with Crippen molar-refractivity contribution in [3.05, 3.63) is 394 Å². The number of aromatic nitrogens is 2. The lowest BCUT2D eigenvalue weighted by atomic mass is 9.33.